The topological polar surface area (TPSA) is 80.0 Å². The maximum Gasteiger partial charge on any atom is 0.390 e. The van der Waals surface area contributed by atoms with Crippen LogP contribution in [0.1, 0.15) is 16.8 Å². The predicted molar refractivity (Wildman–Crippen MR) is 74.8 cm³/mol. The molecule has 1 heterocycles. The summed E-state index contributed by atoms with van der Waals surface area (Å²) in [6.07, 6.45) is -4.84. The number of sulfonamides is 1. The van der Waals surface area contributed by atoms with Crippen LogP contribution in [0.25, 0.3) is 10.9 Å². The first kappa shape index (κ1) is 17.1. The van der Waals surface area contributed by atoms with E-state index in [9.17, 15) is 26.4 Å². The number of aromatic nitrogens is 2. The molecule has 1 N–H and O–H groups in total. The zero-order valence-electron chi connectivity index (χ0n) is 12.0. The van der Waals surface area contributed by atoms with Crippen LogP contribution >= 0.6 is 0 Å². The molecule has 10 heteroatoms. The number of hydrogen-bond donors (Lipinski definition) is 1. The van der Waals surface area contributed by atoms with Gasteiger partial charge >= 0.3 is 6.18 Å². The lowest BCUT2D eigenvalue weighted by molar-refractivity contribution is -0.728. The van der Waals surface area contributed by atoms with E-state index in [1.165, 1.54) is 10.9 Å². The zero-order chi connectivity index (χ0) is 17.3. The van der Waals surface area contributed by atoms with Crippen LogP contribution in [0, 0.1) is 0 Å². The van der Waals surface area contributed by atoms with E-state index in [0.29, 0.717) is 10.9 Å². The van der Waals surface area contributed by atoms with Gasteiger partial charge in [0.25, 0.3) is 5.91 Å². The first-order valence-electron chi connectivity index (χ1n) is 6.45. The van der Waals surface area contributed by atoms with Gasteiger partial charge in [-0.2, -0.15) is 13.2 Å². The molecule has 1 aromatic carbocycles. The Morgan fingerprint density at radius 2 is 1.96 bits per heavy atom. The standard InChI is InChI=1S/C13H12F3N3O3S/c1-19-8-10(9-4-2-3-5-11(9)17-19)12(20)18-23(21,22)7-6-13(14,15)16/h2-5,8H,6-7H2,1H3/p+1. The van der Waals surface area contributed by atoms with Crippen LogP contribution in [0.4, 0.5) is 13.2 Å². The van der Waals surface area contributed by atoms with Gasteiger partial charge in [0.05, 0.1) is 12.2 Å². The van der Waals surface area contributed by atoms with Gasteiger partial charge in [-0.1, -0.05) is 22.9 Å². The van der Waals surface area contributed by atoms with E-state index in [1.807, 2.05) is 0 Å². The molecule has 6 nitrogen and oxygen atoms in total. The number of aryl methyl sites for hydroxylation is 1. The van der Waals surface area contributed by atoms with E-state index in [2.05, 4.69) is 5.10 Å². The highest BCUT2D eigenvalue weighted by atomic mass is 32.2. The number of carbonyl (C=O) groups is 1. The van der Waals surface area contributed by atoms with E-state index in [4.69, 9.17) is 0 Å². The fraction of sp³-hybridized carbons (Fsp3) is 0.308. The second kappa shape index (κ2) is 6.11. The molecule has 0 saturated carbocycles. The molecule has 1 amide bonds. The third-order valence-corrected chi connectivity index (χ3v) is 4.16. The fourth-order valence-corrected chi connectivity index (χ4v) is 2.92. The lowest BCUT2D eigenvalue weighted by atomic mass is 10.1. The zero-order valence-corrected chi connectivity index (χ0v) is 12.8. The molecule has 0 aliphatic carbocycles. The predicted octanol–water partition coefficient (Wildman–Crippen LogP) is 1.07. The van der Waals surface area contributed by atoms with Crippen LogP contribution in [0.15, 0.2) is 30.5 Å². The van der Waals surface area contributed by atoms with E-state index in [-0.39, 0.29) is 5.56 Å². The largest absolute Gasteiger partial charge is 0.390 e. The lowest BCUT2D eigenvalue weighted by Crippen LogP contribution is -2.38. The summed E-state index contributed by atoms with van der Waals surface area (Å²) in [5.74, 6) is -2.21. The first-order chi connectivity index (χ1) is 10.6. The van der Waals surface area contributed by atoms with Gasteiger partial charge in [0.15, 0.2) is 7.05 Å². The molecule has 124 valence electrons. The summed E-state index contributed by atoms with van der Waals surface area (Å²) in [6, 6.07) is 6.53. The van der Waals surface area contributed by atoms with Crippen LogP contribution in [0.2, 0.25) is 0 Å². The molecule has 0 fully saturated rings. The van der Waals surface area contributed by atoms with Gasteiger partial charge in [-0.3, -0.25) is 4.79 Å². The van der Waals surface area contributed by atoms with Crippen molar-refractivity contribution in [1.82, 2.24) is 9.82 Å². The van der Waals surface area contributed by atoms with Crippen molar-refractivity contribution in [3.8, 4) is 0 Å². The molecule has 0 spiro atoms. The van der Waals surface area contributed by atoms with Gasteiger partial charge in [0.2, 0.25) is 16.2 Å². The van der Waals surface area contributed by atoms with Gasteiger partial charge in [-0.25, -0.2) is 13.1 Å². The Balaban J connectivity index is 2.28. The molecule has 0 aliphatic rings. The van der Waals surface area contributed by atoms with Gasteiger partial charge in [0, 0.05) is 5.39 Å². The summed E-state index contributed by atoms with van der Waals surface area (Å²) in [6.45, 7) is 0. The Kier molecular flexibility index (Phi) is 4.55. The number of amides is 1. The number of fused-ring (bicyclic) bond motifs is 1. The van der Waals surface area contributed by atoms with E-state index in [0.717, 1.165) is 0 Å². The summed E-state index contributed by atoms with van der Waals surface area (Å²) in [5, 5.41) is 4.52. The average molecular weight is 348 g/mol. The van der Waals surface area contributed by atoms with Gasteiger partial charge in [-0.05, 0) is 11.2 Å². The Bertz CT molecular complexity index is 850. The van der Waals surface area contributed by atoms with Crippen molar-refractivity contribution < 1.29 is 31.1 Å². The van der Waals surface area contributed by atoms with Crippen molar-refractivity contribution >= 4 is 26.8 Å². The summed E-state index contributed by atoms with van der Waals surface area (Å²) in [4.78, 5) is 12.1. The second-order valence-electron chi connectivity index (χ2n) is 4.85. The van der Waals surface area contributed by atoms with Crippen molar-refractivity contribution in [3.05, 3.63) is 36.0 Å². The molecular weight excluding hydrogens is 335 g/mol. The van der Waals surface area contributed by atoms with Crippen LogP contribution in [0.5, 0.6) is 0 Å². The maximum atomic E-state index is 12.1. The summed E-state index contributed by atoms with van der Waals surface area (Å²) in [5.41, 5.74) is 0.462. The number of halogens is 3. The number of nitrogens with zero attached hydrogens (tertiary/aromatic N) is 2. The Labute approximate surface area is 130 Å². The van der Waals surface area contributed by atoms with E-state index >= 15 is 0 Å². The number of rotatable bonds is 4. The minimum absolute atomic E-state index is 0.00804. The minimum atomic E-state index is -4.62. The molecule has 2 aromatic rings. The molecule has 0 unspecified atom stereocenters. The highest BCUT2D eigenvalue weighted by molar-refractivity contribution is 7.90. The quantitative estimate of drug-likeness (QED) is 0.839. The van der Waals surface area contributed by atoms with Crippen LogP contribution in [-0.2, 0) is 17.1 Å². The number of alkyl halides is 3. The third-order valence-electron chi connectivity index (χ3n) is 2.92. The maximum absolute atomic E-state index is 12.1. The highest BCUT2D eigenvalue weighted by Crippen LogP contribution is 2.20. The van der Waals surface area contributed by atoms with Gasteiger partial charge in [-0.15, -0.1) is 0 Å². The van der Waals surface area contributed by atoms with Gasteiger partial charge in [0.1, 0.15) is 11.1 Å². The first-order valence-corrected chi connectivity index (χ1v) is 8.10. The summed E-state index contributed by atoms with van der Waals surface area (Å²) >= 11 is 0. The molecule has 1 aromatic heterocycles. The highest BCUT2D eigenvalue weighted by Gasteiger charge is 2.31. The van der Waals surface area contributed by atoms with E-state index < -0.39 is 34.3 Å². The molecule has 0 radical (unpaired) electrons. The smallest absolute Gasteiger partial charge is 0.268 e. The Hall–Kier alpha value is -2.23. The molecule has 0 aliphatic heterocycles. The van der Waals surface area contributed by atoms with Crippen LogP contribution in [-0.4, -0.2) is 31.4 Å². The molecule has 0 saturated heterocycles. The number of hydrogen-bond acceptors (Lipinski definition) is 4. The molecular formula is C13H13F3N3O3S+. The van der Waals surface area contributed by atoms with Crippen molar-refractivity contribution in [3.63, 3.8) is 0 Å². The SMILES string of the molecule is C[n+]1cc(C(=O)NS(=O)(=O)CCC(F)(F)F)c2ccccc2n1. The van der Waals surface area contributed by atoms with Crippen LogP contribution in [0.3, 0.4) is 0 Å². The van der Waals surface area contributed by atoms with Crippen molar-refractivity contribution in [2.45, 2.75) is 12.6 Å². The number of benzene rings is 1. The molecule has 2 rings (SSSR count). The van der Waals surface area contributed by atoms with Crippen LogP contribution < -0.4 is 9.40 Å². The number of carbonyl (C=O) groups excluding carboxylic acids is 1. The second-order valence-corrected chi connectivity index (χ2v) is 6.69. The fourth-order valence-electron chi connectivity index (χ4n) is 1.92. The monoisotopic (exact) mass is 348 g/mol. The lowest BCUT2D eigenvalue weighted by Gasteiger charge is -2.09. The van der Waals surface area contributed by atoms with Crippen molar-refractivity contribution in [2.24, 2.45) is 7.05 Å². The normalized spacial score (nSPS) is 12.3. The van der Waals surface area contributed by atoms with E-state index in [1.54, 1.807) is 36.0 Å². The third kappa shape index (κ3) is 4.62. The van der Waals surface area contributed by atoms with Crippen molar-refractivity contribution in [1.29, 1.82) is 0 Å². The number of nitrogens with one attached hydrogen (secondary N) is 1. The minimum Gasteiger partial charge on any atom is -0.268 e. The molecule has 23 heavy (non-hydrogen) atoms. The summed E-state index contributed by atoms with van der Waals surface area (Å²) in [7, 11) is -2.85. The summed E-state index contributed by atoms with van der Waals surface area (Å²) < 4.78 is 62.6. The Morgan fingerprint density at radius 3 is 2.61 bits per heavy atom. The van der Waals surface area contributed by atoms with Gasteiger partial charge < -0.3 is 0 Å². The Morgan fingerprint density at radius 1 is 1.30 bits per heavy atom. The molecule has 0 atom stereocenters. The average Bonchev–Trinajstić information content (AvgIpc) is 2.43. The molecule has 0 bridgehead atoms. The van der Waals surface area contributed by atoms with Crippen molar-refractivity contribution in [2.75, 3.05) is 5.75 Å².